The molecule has 0 amide bonds. The predicted octanol–water partition coefficient (Wildman–Crippen LogP) is 4.00. The van der Waals surface area contributed by atoms with Crippen LogP contribution in [0.1, 0.15) is 24.8 Å². The minimum Gasteiger partial charge on any atom is -0.382 e. The first-order chi connectivity index (χ1) is 10.8. The van der Waals surface area contributed by atoms with Crippen molar-refractivity contribution >= 4 is 5.69 Å². The summed E-state index contributed by atoms with van der Waals surface area (Å²) in [5.74, 6) is 1.65. The lowest BCUT2D eigenvalue weighted by molar-refractivity contribution is 0.0175. The molecule has 0 spiro atoms. The number of anilines is 1. The number of hydrogen-bond acceptors (Lipinski definition) is 2. The van der Waals surface area contributed by atoms with Crippen LogP contribution < -0.4 is 5.32 Å². The van der Waals surface area contributed by atoms with Crippen LogP contribution in [0.25, 0.3) is 0 Å². The van der Waals surface area contributed by atoms with E-state index in [9.17, 15) is 0 Å². The summed E-state index contributed by atoms with van der Waals surface area (Å²) in [6.45, 7) is 5.81. The Morgan fingerprint density at radius 2 is 1.86 bits per heavy atom. The van der Waals surface area contributed by atoms with Crippen molar-refractivity contribution in [2.45, 2.75) is 32.2 Å². The molecule has 22 heavy (non-hydrogen) atoms. The SMILES string of the molecule is Cc1ccc(NC2C3CC2CN(CC2=CCCC=C2)C3)cc1. The summed E-state index contributed by atoms with van der Waals surface area (Å²) in [7, 11) is 0. The quantitative estimate of drug-likeness (QED) is 0.903. The van der Waals surface area contributed by atoms with E-state index < -0.39 is 0 Å². The lowest BCUT2D eigenvalue weighted by Gasteiger charge is -2.54. The Morgan fingerprint density at radius 1 is 1.09 bits per heavy atom. The number of benzene rings is 1. The average molecular weight is 294 g/mol. The minimum absolute atomic E-state index is 0.690. The van der Waals surface area contributed by atoms with Crippen LogP contribution in [0, 0.1) is 18.8 Å². The molecule has 1 aromatic rings. The lowest BCUT2D eigenvalue weighted by atomic mass is 9.66. The van der Waals surface area contributed by atoms with Gasteiger partial charge >= 0.3 is 0 Å². The Balaban J connectivity index is 1.33. The summed E-state index contributed by atoms with van der Waals surface area (Å²) in [5, 5.41) is 3.78. The predicted molar refractivity (Wildman–Crippen MR) is 93.1 cm³/mol. The summed E-state index contributed by atoms with van der Waals surface area (Å²) < 4.78 is 0. The van der Waals surface area contributed by atoms with Gasteiger partial charge in [-0.05, 0) is 55.7 Å². The van der Waals surface area contributed by atoms with E-state index >= 15 is 0 Å². The molecule has 2 atom stereocenters. The molecule has 0 radical (unpaired) electrons. The maximum atomic E-state index is 3.78. The molecule has 4 aliphatic rings. The van der Waals surface area contributed by atoms with E-state index in [1.807, 2.05) is 0 Å². The number of nitrogens with one attached hydrogen (secondary N) is 1. The van der Waals surface area contributed by atoms with Crippen LogP contribution in [-0.4, -0.2) is 30.6 Å². The largest absolute Gasteiger partial charge is 0.382 e. The highest BCUT2D eigenvalue weighted by molar-refractivity contribution is 5.46. The van der Waals surface area contributed by atoms with E-state index in [4.69, 9.17) is 0 Å². The lowest BCUT2D eigenvalue weighted by Crippen LogP contribution is -2.61. The second-order valence-electron chi connectivity index (χ2n) is 7.24. The van der Waals surface area contributed by atoms with Crippen LogP contribution in [0.3, 0.4) is 0 Å². The summed E-state index contributed by atoms with van der Waals surface area (Å²) in [6, 6.07) is 9.53. The van der Waals surface area contributed by atoms with Gasteiger partial charge < -0.3 is 5.32 Å². The van der Waals surface area contributed by atoms with Gasteiger partial charge in [0, 0.05) is 31.4 Å². The highest BCUT2D eigenvalue weighted by Crippen LogP contribution is 2.42. The molecule has 2 unspecified atom stereocenters. The molecule has 5 rings (SSSR count). The molecule has 2 nitrogen and oxygen atoms in total. The Bertz CT molecular complexity index is 572. The van der Waals surface area contributed by atoms with Gasteiger partial charge in [-0.1, -0.05) is 35.9 Å². The number of aryl methyl sites for hydroxylation is 1. The monoisotopic (exact) mass is 294 g/mol. The van der Waals surface area contributed by atoms with Crippen LogP contribution in [0.15, 0.2) is 48.1 Å². The van der Waals surface area contributed by atoms with Crippen molar-refractivity contribution in [2.24, 2.45) is 11.8 Å². The third-order valence-corrected chi connectivity index (χ3v) is 5.47. The summed E-state index contributed by atoms with van der Waals surface area (Å²) >= 11 is 0. The van der Waals surface area contributed by atoms with Crippen LogP contribution in [0.2, 0.25) is 0 Å². The van der Waals surface area contributed by atoms with Gasteiger partial charge in [0.05, 0.1) is 0 Å². The second-order valence-corrected chi connectivity index (χ2v) is 7.24. The smallest absolute Gasteiger partial charge is 0.0342 e. The molecule has 3 fully saturated rings. The first kappa shape index (κ1) is 14.1. The first-order valence-electron chi connectivity index (χ1n) is 8.69. The first-order valence-corrected chi connectivity index (χ1v) is 8.69. The molecule has 1 aromatic carbocycles. The number of allylic oxidation sites excluding steroid dienone is 2. The Morgan fingerprint density at radius 3 is 2.55 bits per heavy atom. The Labute approximate surface area is 133 Å². The summed E-state index contributed by atoms with van der Waals surface area (Å²) in [6.07, 6.45) is 10.9. The van der Waals surface area contributed by atoms with Gasteiger partial charge in [0.25, 0.3) is 0 Å². The van der Waals surface area contributed by atoms with E-state index in [0.717, 1.165) is 18.4 Å². The molecule has 2 saturated heterocycles. The molecule has 2 heteroatoms. The molecule has 2 heterocycles. The fourth-order valence-corrected chi connectivity index (χ4v) is 4.24. The van der Waals surface area contributed by atoms with Crippen molar-refractivity contribution in [1.82, 2.24) is 4.90 Å². The Kier molecular flexibility index (Phi) is 3.79. The van der Waals surface area contributed by atoms with E-state index in [0.29, 0.717) is 6.04 Å². The maximum absolute atomic E-state index is 3.78. The van der Waals surface area contributed by atoms with Gasteiger partial charge in [-0.25, -0.2) is 0 Å². The fourth-order valence-electron chi connectivity index (χ4n) is 4.24. The van der Waals surface area contributed by atoms with Crippen molar-refractivity contribution in [3.63, 3.8) is 0 Å². The summed E-state index contributed by atoms with van der Waals surface area (Å²) in [4.78, 5) is 2.66. The van der Waals surface area contributed by atoms with Crippen LogP contribution in [0.4, 0.5) is 5.69 Å². The highest BCUT2D eigenvalue weighted by Gasteiger charge is 2.46. The fraction of sp³-hybridized carbons (Fsp3) is 0.500. The van der Waals surface area contributed by atoms with Gasteiger partial charge in [0.15, 0.2) is 0 Å². The van der Waals surface area contributed by atoms with E-state index in [1.54, 1.807) is 0 Å². The summed E-state index contributed by atoms with van der Waals surface area (Å²) in [5.41, 5.74) is 4.15. The normalized spacial score (nSPS) is 30.6. The third kappa shape index (κ3) is 2.85. The van der Waals surface area contributed by atoms with Gasteiger partial charge in [-0.15, -0.1) is 0 Å². The molecule has 2 aliphatic carbocycles. The van der Waals surface area contributed by atoms with Crippen LogP contribution in [0.5, 0.6) is 0 Å². The van der Waals surface area contributed by atoms with E-state index in [-0.39, 0.29) is 0 Å². The Hall–Kier alpha value is -1.54. The van der Waals surface area contributed by atoms with Crippen molar-refractivity contribution < 1.29 is 0 Å². The van der Waals surface area contributed by atoms with Crippen LogP contribution in [-0.2, 0) is 0 Å². The van der Waals surface area contributed by atoms with Crippen molar-refractivity contribution in [1.29, 1.82) is 0 Å². The molecule has 116 valence electrons. The van der Waals surface area contributed by atoms with Crippen molar-refractivity contribution in [3.05, 3.63) is 53.6 Å². The number of piperidine rings is 2. The number of rotatable bonds is 4. The zero-order valence-electron chi connectivity index (χ0n) is 13.5. The topological polar surface area (TPSA) is 15.3 Å². The zero-order chi connectivity index (χ0) is 14.9. The standard InChI is InChI=1S/C20H26N2/c1-15-7-9-19(10-8-15)21-20-17-11-18(20)14-22(13-17)12-16-5-3-2-4-6-16/h3,5-10,17-18,20-21H,2,4,11-14H2,1H3. The van der Waals surface area contributed by atoms with Gasteiger partial charge in [0.2, 0.25) is 0 Å². The molecule has 1 N–H and O–H groups in total. The average Bonchev–Trinajstić information content (AvgIpc) is 2.55. The second kappa shape index (κ2) is 5.92. The number of nitrogens with zero attached hydrogens (tertiary/aromatic N) is 1. The highest BCUT2D eigenvalue weighted by atomic mass is 15.2. The number of fused-ring (bicyclic) bond motifs is 2. The molecule has 2 aliphatic heterocycles. The van der Waals surface area contributed by atoms with Gasteiger partial charge in [-0.3, -0.25) is 4.90 Å². The van der Waals surface area contributed by atoms with Crippen LogP contribution >= 0.6 is 0 Å². The van der Waals surface area contributed by atoms with Gasteiger partial charge in [0.1, 0.15) is 0 Å². The zero-order valence-corrected chi connectivity index (χ0v) is 13.5. The maximum Gasteiger partial charge on any atom is 0.0342 e. The third-order valence-electron chi connectivity index (χ3n) is 5.47. The molecule has 1 saturated carbocycles. The van der Waals surface area contributed by atoms with Crippen molar-refractivity contribution in [3.8, 4) is 0 Å². The van der Waals surface area contributed by atoms with E-state index in [2.05, 4.69) is 59.6 Å². The number of hydrogen-bond donors (Lipinski definition) is 1. The molecule has 2 bridgehead atoms. The van der Waals surface area contributed by atoms with Gasteiger partial charge in [-0.2, -0.15) is 0 Å². The van der Waals surface area contributed by atoms with E-state index in [1.165, 1.54) is 49.2 Å². The molecular formula is C20H26N2. The van der Waals surface area contributed by atoms with Crippen molar-refractivity contribution in [2.75, 3.05) is 25.0 Å². The molecular weight excluding hydrogens is 268 g/mol. The molecule has 0 aromatic heterocycles. The minimum atomic E-state index is 0.690.